The van der Waals surface area contributed by atoms with Gasteiger partial charge >= 0.3 is 23.9 Å². The Labute approximate surface area is 317 Å². The van der Waals surface area contributed by atoms with Crippen LogP contribution < -0.4 is 18.9 Å². The molecule has 0 aromatic heterocycles. The number of carbonyl (C=O) groups excluding carboxylic acids is 5. The first kappa shape index (κ1) is 42.7. The predicted octanol–water partition coefficient (Wildman–Crippen LogP) is 8.83. The van der Waals surface area contributed by atoms with Crippen LogP contribution in [0.2, 0.25) is 0 Å². The summed E-state index contributed by atoms with van der Waals surface area (Å²) >= 11 is 0. The van der Waals surface area contributed by atoms with E-state index in [4.69, 9.17) is 28.4 Å². The number of unbranched alkanes of at least 4 members (excludes halogenated alkanes) is 10. The van der Waals surface area contributed by atoms with Crippen molar-refractivity contribution in [3.63, 3.8) is 0 Å². The van der Waals surface area contributed by atoms with Crippen molar-refractivity contribution in [1.29, 1.82) is 0 Å². The van der Waals surface area contributed by atoms with E-state index in [9.17, 15) is 24.0 Å². The lowest BCUT2D eigenvalue weighted by atomic mass is 10.1. The highest BCUT2D eigenvalue weighted by Crippen LogP contribution is 2.30. The highest BCUT2D eigenvalue weighted by Gasteiger charge is 2.18. The van der Waals surface area contributed by atoms with Gasteiger partial charge in [0, 0.05) is 17.7 Å². The molecule has 11 nitrogen and oxygen atoms in total. The zero-order valence-corrected chi connectivity index (χ0v) is 30.8. The second-order valence-corrected chi connectivity index (χ2v) is 12.3. The topological polar surface area (TPSA) is 141 Å². The van der Waals surface area contributed by atoms with E-state index in [2.05, 4.69) is 13.2 Å². The first-order valence-electron chi connectivity index (χ1n) is 18.4. The number of rotatable bonds is 27. The van der Waals surface area contributed by atoms with Gasteiger partial charge < -0.3 is 28.4 Å². The highest BCUT2D eigenvalue weighted by atomic mass is 16.6. The molecule has 0 heterocycles. The fraction of sp³-hybridized carbons (Fsp3) is 0.372. The first-order valence-corrected chi connectivity index (χ1v) is 18.4. The molecule has 0 aliphatic heterocycles. The Morgan fingerprint density at radius 2 is 0.870 bits per heavy atom. The van der Waals surface area contributed by atoms with E-state index >= 15 is 0 Å². The Bertz CT molecular complexity index is 1640. The predicted molar refractivity (Wildman–Crippen MR) is 203 cm³/mol. The first-order chi connectivity index (χ1) is 26.3. The van der Waals surface area contributed by atoms with Crippen molar-refractivity contribution in [2.24, 2.45) is 0 Å². The summed E-state index contributed by atoms with van der Waals surface area (Å²) in [7, 11) is 0. The number of ether oxygens (including phenoxy) is 6. The second-order valence-electron chi connectivity index (χ2n) is 12.3. The molecule has 0 fully saturated rings. The number of benzene rings is 3. The van der Waals surface area contributed by atoms with Crippen LogP contribution in [-0.2, 0) is 19.1 Å². The quantitative estimate of drug-likeness (QED) is 0.0243. The SMILES string of the molecule is C=CC(=O)OCCCCCCCCOc1ccc(C(=O)Oc2ccc(C=O)cc2OC(=O)c2ccc(OCCCCCCCCOC(=O)C=C)cc2)cc1. The molecule has 0 aliphatic carbocycles. The van der Waals surface area contributed by atoms with Crippen LogP contribution in [-0.4, -0.2) is 56.6 Å². The van der Waals surface area contributed by atoms with Gasteiger partial charge in [-0.2, -0.15) is 0 Å². The third-order valence-electron chi connectivity index (χ3n) is 8.13. The summed E-state index contributed by atoms with van der Waals surface area (Å²) in [4.78, 5) is 59.5. The van der Waals surface area contributed by atoms with E-state index in [-0.39, 0.29) is 28.2 Å². The van der Waals surface area contributed by atoms with Gasteiger partial charge in [-0.25, -0.2) is 19.2 Å². The molecule has 11 heteroatoms. The number of hydrogen-bond donors (Lipinski definition) is 0. The lowest BCUT2D eigenvalue weighted by molar-refractivity contribution is -0.138. The molecule has 0 spiro atoms. The molecule has 0 N–H and O–H groups in total. The standard InChI is InChI=1S/C43H50O11/c1-3-40(45)51-29-15-11-7-5-9-13-27-49-36-22-18-34(19-23-36)42(47)53-38-26-17-33(32-44)31-39(38)54-43(48)35-20-24-37(25-21-35)50-28-14-10-6-8-12-16-30-52-41(46)4-2/h3-4,17-26,31-32H,1-2,5-16,27-30H2. The van der Waals surface area contributed by atoms with Crippen LogP contribution >= 0.6 is 0 Å². The van der Waals surface area contributed by atoms with Crippen molar-refractivity contribution in [3.8, 4) is 23.0 Å². The molecule has 0 unspecified atom stereocenters. The number of aldehydes is 1. The van der Waals surface area contributed by atoms with E-state index in [1.165, 1.54) is 18.2 Å². The van der Waals surface area contributed by atoms with Gasteiger partial charge in [0.25, 0.3) is 0 Å². The largest absolute Gasteiger partial charge is 0.494 e. The molecule has 0 saturated carbocycles. The fourth-order valence-electron chi connectivity index (χ4n) is 5.12. The minimum absolute atomic E-state index is 0.0202. The van der Waals surface area contributed by atoms with Crippen LogP contribution in [0.3, 0.4) is 0 Å². The maximum absolute atomic E-state index is 13.0. The van der Waals surface area contributed by atoms with Crippen molar-refractivity contribution >= 4 is 30.2 Å². The summed E-state index contributed by atoms with van der Waals surface area (Å²) in [6.07, 6.45) is 14.5. The molecule has 3 aromatic carbocycles. The summed E-state index contributed by atoms with van der Waals surface area (Å²) in [5.41, 5.74) is 0.745. The molecule has 0 saturated heterocycles. The Hall–Kier alpha value is -5.71. The molecule has 3 aromatic rings. The van der Waals surface area contributed by atoms with Crippen molar-refractivity contribution in [2.75, 3.05) is 26.4 Å². The molecular weight excluding hydrogens is 692 g/mol. The summed E-state index contributed by atoms with van der Waals surface area (Å²) in [6, 6.07) is 17.2. The van der Waals surface area contributed by atoms with Gasteiger partial charge in [0.05, 0.1) is 37.6 Å². The Kier molecular flexibility index (Phi) is 20.0. The minimum atomic E-state index is -0.700. The van der Waals surface area contributed by atoms with Crippen LogP contribution in [0, 0.1) is 0 Å². The van der Waals surface area contributed by atoms with Crippen molar-refractivity contribution < 1.29 is 52.4 Å². The van der Waals surface area contributed by atoms with Gasteiger partial charge in [-0.3, -0.25) is 4.79 Å². The van der Waals surface area contributed by atoms with E-state index < -0.39 is 23.9 Å². The molecule has 0 amide bonds. The summed E-state index contributed by atoms with van der Waals surface area (Å²) in [5.74, 6) is -1.03. The zero-order chi connectivity index (χ0) is 38.8. The van der Waals surface area contributed by atoms with Crippen LogP contribution in [0.4, 0.5) is 0 Å². The lowest BCUT2D eigenvalue weighted by Gasteiger charge is -2.12. The molecule has 288 valence electrons. The third-order valence-corrected chi connectivity index (χ3v) is 8.13. The van der Waals surface area contributed by atoms with Crippen molar-refractivity contribution in [2.45, 2.75) is 77.0 Å². The van der Waals surface area contributed by atoms with Gasteiger partial charge in [0.2, 0.25) is 0 Å². The summed E-state index contributed by atoms with van der Waals surface area (Å²) < 4.78 is 32.7. The molecule has 0 aliphatic rings. The number of carbonyl (C=O) groups is 5. The average molecular weight is 743 g/mol. The summed E-state index contributed by atoms with van der Waals surface area (Å²) in [5, 5.41) is 0. The molecular formula is C43H50O11. The van der Waals surface area contributed by atoms with E-state index in [1.54, 1.807) is 48.5 Å². The van der Waals surface area contributed by atoms with Gasteiger partial charge in [0.1, 0.15) is 17.8 Å². The Balaban J connectivity index is 1.39. The fourth-order valence-corrected chi connectivity index (χ4v) is 5.12. The Morgan fingerprint density at radius 1 is 0.481 bits per heavy atom. The monoisotopic (exact) mass is 742 g/mol. The number of hydrogen-bond acceptors (Lipinski definition) is 11. The molecule has 54 heavy (non-hydrogen) atoms. The molecule has 3 rings (SSSR count). The molecule has 0 radical (unpaired) electrons. The smallest absolute Gasteiger partial charge is 0.343 e. The van der Waals surface area contributed by atoms with Gasteiger partial charge in [0.15, 0.2) is 11.5 Å². The zero-order valence-electron chi connectivity index (χ0n) is 30.8. The second kappa shape index (κ2) is 25.3. The summed E-state index contributed by atoms with van der Waals surface area (Å²) in [6.45, 7) is 8.63. The van der Waals surface area contributed by atoms with Crippen molar-refractivity contribution in [1.82, 2.24) is 0 Å². The molecule has 0 bridgehead atoms. The minimum Gasteiger partial charge on any atom is -0.494 e. The highest BCUT2D eigenvalue weighted by molar-refractivity contribution is 5.94. The molecule has 0 atom stereocenters. The van der Waals surface area contributed by atoms with Crippen LogP contribution in [0.15, 0.2) is 92.0 Å². The third kappa shape index (κ3) is 16.8. The van der Waals surface area contributed by atoms with Gasteiger partial charge in [-0.05, 0) is 92.4 Å². The van der Waals surface area contributed by atoms with E-state index in [0.717, 1.165) is 89.2 Å². The normalized spacial score (nSPS) is 10.4. The van der Waals surface area contributed by atoms with Crippen LogP contribution in [0.5, 0.6) is 23.0 Å². The number of esters is 4. The average Bonchev–Trinajstić information content (AvgIpc) is 3.19. The van der Waals surface area contributed by atoms with Gasteiger partial charge in [-0.15, -0.1) is 0 Å². The van der Waals surface area contributed by atoms with E-state index in [0.29, 0.717) is 44.2 Å². The maximum atomic E-state index is 13.0. The van der Waals surface area contributed by atoms with Crippen molar-refractivity contribution in [3.05, 3.63) is 109 Å². The maximum Gasteiger partial charge on any atom is 0.343 e. The lowest BCUT2D eigenvalue weighted by Crippen LogP contribution is -2.13. The van der Waals surface area contributed by atoms with Crippen LogP contribution in [0.25, 0.3) is 0 Å². The van der Waals surface area contributed by atoms with Gasteiger partial charge in [-0.1, -0.05) is 64.5 Å². The Morgan fingerprint density at radius 3 is 1.28 bits per heavy atom. The van der Waals surface area contributed by atoms with Crippen LogP contribution in [0.1, 0.15) is 108 Å². The van der Waals surface area contributed by atoms with E-state index in [1.807, 2.05) is 0 Å².